The molecule has 3 N–H and O–H groups in total. The van der Waals surface area contributed by atoms with Crippen molar-refractivity contribution in [2.45, 2.75) is 32.4 Å². The molecule has 2 amide bonds. The topological polar surface area (TPSA) is 89.9 Å². The van der Waals surface area contributed by atoms with Crippen LogP contribution in [0.25, 0.3) is 0 Å². The molecule has 0 radical (unpaired) electrons. The van der Waals surface area contributed by atoms with Gasteiger partial charge in [0.1, 0.15) is 6.04 Å². The van der Waals surface area contributed by atoms with Gasteiger partial charge in [-0.3, -0.25) is 4.79 Å². The third-order valence-corrected chi connectivity index (χ3v) is 1.68. The summed E-state index contributed by atoms with van der Waals surface area (Å²) >= 11 is 0. The molecule has 0 saturated heterocycles. The standard InChI is InChI=1S/C9H18N2O4/c1-6(7(12)13)10-8(14)11(4)5-9(2,3)15/h6,15H,5H2,1-4H3,(H,10,14)(H,12,13)/t6-/m1/s1. The molecule has 6 heteroatoms. The molecule has 0 aliphatic carbocycles. The van der Waals surface area contributed by atoms with Gasteiger partial charge in [0, 0.05) is 7.05 Å². The zero-order chi connectivity index (χ0) is 12.2. The third kappa shape index (κ3) is 5.90. The molecule has 0 rings (SSSR count). The maximum Gasteiger partial charge on any atom is 0.325 e. The summed E-state index contributed by atoms with van der Waals surface area (Å²) in [4.78, 5) is 23.1. The molecular formula is C9H18N2O4. The first-order valence-corrected chi connectivity index (χ1v) is 4.60. The van der Waals surface area contributed by atoms with Crippen LogP contribution in [0.5, 0.6) is 0 Å². The fraction of sp³-hybridized carbons (Fsp3) is 0.778. The molecule has 0 aromatic rings. The van der Waals surface area contributed by atoms with E-state index in [0.717, 1.165) is 0 Å². The highest BCUT2D eigenvalue weighted by Gasteiger charge is 2.21. The second-order valence-electron chi connectivity index (χ2n) is 4.18. The van der Waals surface area contributed by atoms with Crippen molar-refractivity contribution in [1.82, 2.24) is 10.2 Å². The lowest BCUT2D eigenvalue weighted by Crippen LogP contribution is -2.48. The average Bonchev–Trinajstić information content (AvgIpc) is 2.00. The van der Waals surface area contributed by atoms with Gasteiger partial charge < -0.3 is 20.4 Å². The van der Waals surface area contributed by atoms with Gasteiger partial charge in [0.25, 0.3) is 0 Å². The highest BCUT2D eigenvalue weighted by Crippen LogP contribution is 2.03. The lowest BCUT2D eigenvalue weighted by Gasteiger charge is -2.26. The molecule has 0 heterocycles. The van der Waals surface area contributed by atoms with Crippen molar-refractivity contribution in [2.75, 3.05) is 13.6 Å². The molecule has 0 aliphatic heterocycles. The third-order valence-electron chi connectivity index (χ3n) is 1.68. The minimum atomic E-state index is -1.10. The monoisotopic (exact) mass is 218 g/mol. The number of nitrogens with one attached hydrogen (secondary N) is 1. The average molecular weight is 218 g/mol. The number of likely N-dealkylation sites (N-methyl/N-ethyl adjacent to an activating group) is 1. The van der Waals surface area contributed by atoms with Gasteiger partial charge in [0.05, 0.1) is 12.1 Å². The van der Waals surface area contributed by atoms with Gasteiger partial charge >= 0.3 is 12.0 Å². The van der Waals surface area contributed by atoms with Crippen LogP contribution in [0.2, 0.25) is 0 Å². The van der Waals surface area contributed by atoms with Gasteiger partial charge in [-0.2, -0.15) is 0 Å². The Balaban J connectivity index is 4.17. The molecule has 0 unspecified atom stereocenters. The Morgan fingerprint density at radius 1 is 1.47 bits per heavy atom. The van der Waals surface area contributed by atoms with E-state index in [1.165, 1.54) is 18.9 Å². The molecule has 15 heavy (non-hydrogen) atoms. The van der Waals surface area contributed by atoms with Crippen LogP contribution >= 0.6 is 0 Å². The Morgan fingerprint density at radius 2 is 1.93 bits per heavy atom. The number of urea groups is 1. The van der Waals surface area contributed by atoms with Crippen LogP contribution < -0.4 is 5.32 Å². The quantitative estimate of drug-likeness (QED) is 0.613. The van der Waals surface area contributed by atoms with Crippen LogP contribution in [0.4, 0.5) is 4.79 Å². The van der Waals surface area contributed by atoms with Gasteiger partial charge in [0.2, 0.25) is 0 Å². The molecule has 6 nitrogen and oxygen atoms in total. The second-order valence-corrected chi connectivity index (χ2v) is 4.18. The first-order chi connectivity index (χ1) is 6.63. The van der Waals surface area contributed by atoms with Crippen molar-refractivity contribution < 1.29 is 19.8 Å². The summed E-state index contributed by atoms with van der Waals surface area (Å²) in [6.07, 6.45) is 0. The van der Waals surface area contributed by atoms with E-state index >= 15 is 0 Å². The summed E-state index contributed by atoms with van der Waals surface area (Å²) in [6.45, 7) is 4.64. The Bertz CT molecular complexity index is 247. The number of aliphatic carboxylic acids is 1. The van der Waals surface area contributed by atoms with Crippen molar-refractivity contribution >= 4 is 12.0 Å². The maximum absolute atomic E-state index is 11.4. The largest absolute Gasteiger partial charge is 0.480 e. The smallest absolute Gasteiger partial charge is 0.325 e. The van der Waals surface area contributed by atoms with Crippen molar-refractivity contribution in [3.63, 3.8) is 0 Å². The number of rotatable bonds is 4. The highest BCUT2D eigenvalue weighted by atomic mass is 16.4. The zero-order valence-electron chi connectivity index (χ0n) is 9.44. The van der Waals surface area contributed by atoms with Crippen molar-refractivity contribution in [3.05, 3.63) is 0 Å². The summed E-state index contributed by atoms with van der Waals surface area (Å²) in [5.74, 6) is -1.10. The highest BCUT2D eigenvalue weighted by molar-refractivity contribution is 5.82. The summed E-state index contributed by atoms with van der Waals surface area (Å²) in [5.41, 5.74) is -1.00. The van der Waals surface area contributed by atoms with Gasteiger partial charge in [0.15, 0.2) is 0 Å². The Hall–Kier alpha value is -1.30. The molecule has 0 aliphatic rings. The first kappa shape index (κ1) is 13.7. The molecule has 0 bridgehead atoms. The van der Waals surface area contributed by atoms with Crippen LogP contribution in [0.3, 0.4) is 0 Å². The Labute approximate surface area is 88.9 Å². The molecule has 0 fully saturated rings. The summed E-state index contributed by atoms with van der Waals surface area (Å²) in [7, 11) is 1.49. The van der Waals surface area contributed by atoms with E-state index in [2.05, 4.69) is 5.32 Å². The van der Waals surface area contributed by atoms with Gasteiger partial charge in [-0.1, -0.05) is 0 Å². The molecular weight excluding hydrogens is 200 g/mol. The number of carboxylic acid groups (broad SMARTS) is 1. The normalized spacial score (nSPS) is 13.1. The van der Waals surface area contributed by atoms with Crippen LogP contribution in [0.15, 0.2) is 0 Å². The van der Waals surface area contributed by atoms with Crippen molar-refractivity contribution in [1.29, 1.82) is 0 Å². The van der Waals surface area contributed by atoms with E-state index in [1.54, 1.807) is 13.8 Å². The lowest BCUT2D eigenvalue weighted by molar-refractivity contribution is -0.138. The number of nitrogens with zero attached hydrogens (tertiary/aromatic N) is 1. The molecule has 88 valence electrons. The molecule has 1 atom stereocenters. The predicted octanol–water partition coefficient (Wildman–Crippen LogP) is -0.128. The van der Waals surface area contributed by atoms with Crippen molar-refractivity contribution in [3.8, 4) is 0 Å². The van der Waals surface area contributed by atoms with E-state index in [9.17, 15) is 14.7 Å². The fourth-order valence-corrected chi connectivity index (χ4v) is 1.01. The van der Waals surface area contributed by atoms with E-state index in [0.29, 0.717) is 0 Å². The predicted molar refractivity (Wildman–Crippen MR) is 54.6 cm³/mol. The van der Waals surface area contributed by atoms with Gasteiger partial charge in [-0.15, -0.1) is 0 Å². The zero-order valence-corrected chi connectivity index (χ0v) is 9.44. The van der Waals surface area contributed by atoms with Crippen LogP contribution in [0.1, 0.15) is 20.8 Å². The summed E-state index contributed by atoms with van der Waals surface area (Å²) < 4.78 is 0. The molecule has 0 spiro atoms. The number of amides is 2. The summed E-state index contributed by atoms with van der Waals surface area (Å²) in [5, 5.41) is 20.3. The number of aliphatic hydroxyl groups is 1. The first-order valence-electron chi connectivity index (χ1n) is 4.60. The minimum absolute atomic E-state index is 0.130. The van der Waals surface area contributed by atoms with E-state index in [4.69, 9.17) is 5.11 Å². The van der Waals surface area contributed by atoms with Gasteiger partial charge in [-0.05, 0) is 20.8 Å². The van der Waals surface area contributed by atoms with Crippen LogP contribution in [0, 0.1) is 0 Å². The molecule has 0 saturated carbocycles. The van der Waals surface area contributed by atoms with E-state index < -0.39 is 23.6 Å². The SMILES string of the molecule is C[C@@H](NC(=O)N(C)CC(C)(C)O)C(=O)O. The second kappa shape index (κ2) is 4.97. The number of carbonyl (C=O) groups is 2. The van der Waals surface area contributed by atoms with E-state index in [-0.39, 0.29) is 6.54 Å². The van der Waals surface area contributed by atoms with Gasteiger partial charge in [-0.25, -0.2) is 4.79 Å². The Morgan fingerprint density at radius 3 is 2.27 bits per heavy atom. The molecule has 0 aromatic carbocycles. The minimum Gasteiger partial charge on any atom is -0.480 e. The number of carboxylic acids is 1. The fourth-order valence-electron chi connectivity index (χ4n) is 1.01. The number of hydrogen-bond donors (Lipinski definition) is 3. The summed E-state index contributed by atoms with van der Waals surface area (Å²) in [6, 6.07) is -1.46. The van der Waals surface area contributed by atoms with E-state index in [1.807, 2.05) is 0 Å². The molecule has 0 aromatic heterocycles. The Kier molecular flexibility index (Phi) is 4.54. The van der Waals surface area contributed by atoms with Crippen molar-refractivity contribution in [2.24, 2.45) is 0 Å². The number of hydrogen-bond acceptors (Lipinski definition) is 3. The lowest BCUT2D eigenvalue weighted by atomic mass is 10.1. The maximum atomic E-state index is 11.4. The van der Waals surface area contributed by atoms with Crippen LogP contribution in [-0.2, 0) is 4.79 Å². The van der Waals surface area contributed by atoms with Crippen LogP contribution in [-0.4, -0.2) is 52.3 Å². The number of carbonyl (C=O) groups excluding carboxylic acids is 1.